The van der Waals surface area contributed by atoms with Crippen molar-refractivity contribution in [3.8, 4) is 5.88 Å². The van der Waals surface area contributed by atoms with Crippen LogP contribution in [0.15, 0.2) is 36.5 Å². The SMILES string of the molecule is COc1cc(C(=O)Nc2c(C)cccc2C)ccn1. The normalized spacial score (nSPS) is 10.1. The third kappa shape index (κ3) is 2.91. The van der Waals surface area contributed by atoms with Crippen molar-refractivity contribution in [2.75, 3.05) is 12.4 Å². The van der Waals surface area contributed by atoms with Gasteiger partial charge in [0, 0.05) is 23.5 Å². The summed E-state index contributed by atoms with van der Waals surface area (Å²) in [6.07, 6.45) is 1.55. The molecule has 2 aromatic rings. The van der Waals surface area contributed by atoms with Crippen LogP contribution in [-0.4, -0.2) is 18.0 Å². The van der Waals surface area contributed by atoms with Crippen LogP contribution in [0, 0.1) is 13.8 Å². The third-order valence-corrected chi connectivity index (χ3v) is 2.93. The molecule has 0 saturated heterocycles. The molecule has 2 rings (SSSR count). The lowest BCUT2D eigenvalue weighted by molar-refractivity contribution is 0.102. The maximum Gasteiger partial charge on any atom is 0.255 e. The number of hydrogen-bond acceptors (Lipinski definition) is 3. The Morgan fingerprint density at radius 1 is 1.21 bits per heavy atom. The lowest BCUT2D eigenvalue weighted by Crippen LogP contribution is -2.14. The van der Waals surface area contributed by atoms with Gasteiger partial charge in [0.25, 0.3) is 5.91 Å². The molecule has 1 N–H and O–H groups in total. The highest BCUT2D eigenvalue weighted by atomic mass is 16.5. The van der Waals surface area contributed by atoms with Crippen molar-refractivity contribution < 1.29 is 9.53 Å². The number of benzene rings is 1. The van der Waals surface area contributed by atoms with Crippen LogP contribution in [0.4, 0.5) is 5.69 Å². The molecule has 0 unspecified atom stereocenters. The molecule has 0 atom stereocenters. The molecule has 1 aromatic heterocycles. The summed E-state index contributed by atoms with van der Waals surface area (Å²) < 4.78 is 5.01. The summed E-state index contributed by atoms with van der Waals surface area (Å²) in [7, 11) is 1.52. The second-order valence-electron chi connectivity index (χ2n) is 4.31. The molecule has 0 aliphatic carbocycles. The molecule has 0 aliphatic rings. The molecule has 0 saturated carbocycles. The van der Waals surface area contributed by atoms with E-state index in [0.717, 1.165) is 16.8 Å². The van der Waals surface area contributed by atoms with Gasteiger partial charge in [0.15, 0.2) is 0 Å². The smallest absolute Gasteiger partial charge is 0.255 e. The van der Waals surface area contributed by atoms with Crippen LogP contribution >= 0.6 is 0 Å². The summed E-state index contributed by atoms with van der Waals surface area (Å²) in [5, 5.41) is 2.92. The minimum Gasteiger partial charge on any atom is -0.481 e. The number of ether oxygens (including phenoxy) is 1. The Morgan fingerprint density at radius 2 is 1.89 bits per heavy atom. The van der Waals surface area contributed by atoms with Gasteiger partial charge in [-0.05, 0) is 31.0 Å². The third-order valence-electron chi connectivity index (χ3n) is 2.93. The Bertz CT molecular complexity index is 589. The van der Waals surface area contributed by atoms with Crippen LogP contribution in [0.3, 0.4) is 0 Å². The Hall–Kier alpha value is -2.36. The quantitative estimate of drug-likeness (QED) is 0.918. The number of anilines is 1. The number of carbonyl (C=O) groups is 1. The standard InChI is InChI=1S/C15H16N2O2/c1-10-5-4-6-11(2)14(10)17-15(18)12-7-8-16-13(9-12)19-3/h4-9H,1-3H3,(H,17,18). The van der Waals surface area contributed by atoms with Crippen LogP contribution in [0.5, 0.6) is 5.88 Å². The molecule has 4 heteroatoms. The zero-order valence-corrected chi connectivity index (χ0v) is 11.2. The summed E-state index contributed by atoms with van der Waals surface area (Å²) in [5.74, 6) is 0.257. The number of nitrogens with zero attached hydrogens (tertiary/aromatic N) is 1. The molecule has 98 valence electrons. The van der Waals surface area contributed by atoms with Crippen LogP contribution < -0.4 is 10.1 Å². The molecular weight excluding hydrogens is 240 g/mol. The number of amides is 1. The first-order chi connectivity index (χ1) is 9.11. The van der Waals surface area contributed by atoms with E-state index < -0.39 is 0 Å². The molecule has 0 spiro atoms. The monoisotopic (exact) mass is 256 g/mol. The second-order valence-corrected chi connectivity index (χ2v) is 4.31. The zero-order valence-electron chi connectivity index (χ0n) is 11.2. The van der Waals surface area contributed by atoms with E-state index in [2.05, 4.69) is 10.3 Å². The summed E-state index contributed by atoms with van der Waals surface area (Å²) in [6, 6.07) is 9.18. The van der Waals surface area contributed by atoms with E-state index in [1.807, 2.05) is 32.0 Å². The Balaban J connectivity index is 2.25. The number of nitrogens with one attached hydrogen (secondary N) is 1. The van der Waals surface area contributed by atoms with Crippen molar-refractivity contribution in [1.29, 1.82) is 0 Å². The van der Waals surface area contributed by atoms with E-state index in [4.69, 9.17) is 4.74 Å². The molecule has 0 radical (unpaired) electrons. The van der Waals surface area contributed by atoms with Crippen LogP contribution in [0.1, 0.15) is 21.5 Å². The van der Waals surface area contributed by atoms with Gasteiger partial charge in [-0.1, -0.05) is 18.2 Å². The van der Waals surface area contributed by atoms with Crippen molar-refractivity contribution in [2.45, 2.75) is 13.8 Å². The Kier molecular flexibility index (Phi) is 3.80. The summed E-state index contributed by atoms with van der Waals surface area (Å²) >= 11 is 0. The van der Waals surface area contributed by atoms with Gasteiger partial charge in [-0.15, -0.1) is 0 Å². The fourth-order valence-corrected chi connectivity index (χ4v) is 1.86. The molecule has 0 aliphatic heterocycles. The predicted molar refractivity (Wildman–Crippen MR) is 74.7 cm³/mol. The molecule has 19 heavy (non-hydrogen) atoms. The number of hydrogen-bond donors (Lipinski definition) is 1. The average molecular weight is 256 g/mol. The molecule has 0 fully saturated rings. The van der Waals surface area contributed by atoms with Gasteiger partial charge >= 0.3 is 0 Å². The van der Waals surface area contributed by atoms with E-state index in [9.17, 15) is 4.79 Å². The average Bonchev–Trinajstić information content (AvgIpc) is 2.43. The Morgan fingerprint density at radius 3 is 2.53 bits per heavy atom. The zero-order chi connectivity index (χ0) is 13.8. The molecule has 1 aromatic carbocycles. The molecule has 1 amide bonds. The highest BCUT2D eigenvalue weighted by Crippen LogP contribution is 2.20. The number of pyridine rings is 1. The van der Waals surface area contributed by atoms with Crippen molar-refractivity contribution in [2.24, 2.45) is 0 Å². The highest BCUT2D eigenvalue weighted by Gasteiger charge is 2.10. The van der Waals surface area contributed by atoms with E-state index in [1.165, 1.54) is 7.11 Å². The maximum atomic E-state index is 12.2. The van der Waals surface area contributed by atoms with E-state index in [1.54, 1.807) is 18.3 Å². The fraction of sp³-hybridized carbons (Fsp3) is 0.200. The molecule has 1 heterocycles. The summed E-state index contributed by atoms with van der Waals surface area (Å²) in [4.78, 5) is 16.2. The van der Waals surface area contributed by atoms with Gasteiger partial charge < -0.3 is 10.1 Å². The topological polar surface area (TPSA) is 51.2 Å². The fourth-order valence-electron chi connectivity index (χ4n) is 1.86. The Labute approximate surface area is 112 Å². The van der Waals surface area contributed by atoms with E-state index in [-0.39, 0.29) is 5.91 Å². The van der Waals surface area contributed by atoms with Crippen LogP contribution in [0.25, 0.3) is 0 Å². The second kappa shape index (κ2) is 5.52. The lowest BCUT2D eigenvalue weighted by atomic mass is 10.1. The number of aryl methyl sites for hydroxylation is 2. The molecule has 0 bridgehead atoms. The molecule has 4 nitrogen and oxygen atoms in total. The van der Waals surface area contributed by atoms with Crippen LogP contribution in [-0.2, 0) is 0 Å². The van der Waals surface area contributed by atoms with E-state index in [0.29, 0.717) is 11.4 Å². The number of aromatic nitrogens is 1. The first kappa shape index (κ1) is 13.1. The van der Waals surface area contributed by atoms with Gasteiger partial charge in [-0.2, -0.15) is 0 Å². The highest BCUT2D eigenvalue weighted by molar-refractivity contribution is 6.05. The number of rotatable bonds is 3. The first-order valence-electron chi connectivity index (χ1n) is 5.99. The number of carbonyl (C=O) groups excluding carboxylic acids is 1. The van der Waals surface area contributed by atoms with Gasteiger partial charge in [-0.3, -0.25) is 4.79 Å². The van der Waals surface area contributed by atoms with Crippen molar-refractivity contribution in [3.05, 3.63) is 53.2 Å². The number of para-hydroxylation sites is 1. The van der Waals surface area contributed by atoms with Gasteiger partial charge in [0.1, 0.15) is 0 Å². The van der Waals surface area contributed by atoms with Gasteiger partial charge in [-0.25, -0.2) is 4.98 Å². The summed E-state index contributed by atoms with van der Waals surface area (Å²) in [6.45, 7) is 3.94. The van der Waals surface area contributed by atoms with Crippen molar-refractivity contribution in [1.82, 2.24) is 4.98 Å². The maximum absolute atomic E-state index is 12.2. The van der Waals surface area contributed by atoms with Gasteiger partial charge in [0.05, 0.1) is 7.11 Å². The minimum absolute atomic E-state index is 0.168. The lowest BCUT2D eigenvalue weighted by Gasteiger charge is -2.11. The first-order valence-corrected chi connectivity index (χ1v) is 5.99. The van der Waals surface area contributed by atoms with Gasteiger partial charge in [0.2, 0.25) is 5.88 Å². The predicted octanol–water partition coefficient (Wildman–Crippen LogP) is 2.96. The van der Waals surface area contributed by atoms with Crippen molar-refractivity contribution in [3.63, 3.8) is 0 Å². The van der Waals surface area contributed by atoms with Crippen molar-refractivity contribution >= 4 is 11.6 Å². The minimum atomic E-state index is -0.168. The number of methoxy groups -OCH3 is 1. The summed E-state index contributed by atoms with van der Waals surface area (Å²) in [5.41, 5.74) is 3.45. The van der Waals surface area contributed by atoms with Crippen LogP contribution in [0.2, 0.25) is 0 Å². The largest absolute Gasteiger partial charge is 0.481 e. The molecular formula is C15H16N2O2. The van der Waals surface area contributed by atoms with E-state index >= 15 is 0 Å².